The summed E-state index contributed by atoms with van der Waals surface area (Å²) in [7, 11) is 0. The Hall–Kier alpha value is -1.62. The summed E-state index contributed by atoms with van der Waals surface area (Å²) in [5, 5.41) is 7.60. The quantitative estimate of drug-likeness (QED) is 0.432. The number of carbonyl (C=O) groups excluding carboxylic acids is 1. The molecule has 0 spiro atoms. The molecule has 5 nitrogen and oxygen atoms in total. The predicted octanol–water partition coefficient (Wildman–Crippen LogP) is -0.154. The number of rotatable bonds is 2. The molecule has 11 heavy (non-hydrogen) atoms. The Morgan fingerprint density at radius 2 is 1.73 bits per heavy atom. The summed E-state index contributed by atoms with van der Waals surface area (Å²) in [6.07, 6.45) is 1.82. The molecule has 0 fully saturated rings. The van der Waals surface area contributed by atoms with Crippen LogP contribution in [0, 0.1) is 0 Å². The summed E-state index contributed by atoms with van der Waals surface area (Å²) in [5.41, 5.74) is 0. The Morgan fingerprint density at radius 1 is 1.36 bits per heavy atom. The predicted molar refractivity (Wildman–Crippen MR) is 38.3 cm³/mol. The van der Waals surface area contributed by atoms with Crippen LogP contribution >= 0.6 is 0 Å². The summed E-state index contributed by atoms with van der Waals surface area (Å²) in [6, 6.07) is 0. The van der Waals surface area contributed by atoms with E-state index < -0.39 is 11.9 Å². The van der Waals surface area contributed by atoms with Crippen LogP contribution in [0.2, 0.25) is 0 Å². The van der Waals surface area contributed by atoms with Gasteiger partial charge in [0, 0.05) is 12.2 Å². The van der Waals surface area contributed by atoms with Crippen LogP contribution in [-0.4, -0.2) is 17.0 Å². The van der Waals surface area contributed by atoms with E-state index in [1.54, 1.807) is 0 Å². The molecule has 0 aliphatic carbocycles. The van der Waals surface area contributed by atoms with Gasteiger partial charge < -0.3 is 9.94 Å². The molecule has 0 radical (unpaired) electrons. The highest BCUT2D eigenvalue weighted by atomic mass is 16.7. The van der Waals surface area contributed by atoms with E-state index in [1.165, 1.54) is 0 Å². The Balaban J connectivity index is 0. The van der Waals surface area contributed by atoms with E-state index in [2.05, 4.69) is 23.9 Å². The number of carboxylic acids is 1. The third kappa shape index (κ3) is 17.8. The first-order chi connectivity index (χ1) is 5.08. The van der Waals surface area contributed by atoms with Crippen molar-refractivity contribution in [1.29, 1.82) is 0 Å². The molecule has 0 saturated heterocycles. The van der Waals surface area contributed by atoms with Gasteiger partial charge in [-0.2, -0.15) is 5.90 Å². The maximum absolute atomic E-state index is 9.72. The first-order valence-electron chi connectivity index (χ1n) is 2.47. The minimum atomic E-state index is -0.981. The van der Waals surface area contributed by atoms with Gasteiger partial charge in [0.1, 0.15) is 0 Å². The number of aliphatic carboxylic acids is 1. The smallest absolute Gasteiger partial charge is 0.348 e. The molecule has 0 aromatic carbocycles. The molecule has 5 heteroatoms. The minimum Gasteiger partial charge on any atom is -0.478 e. The molecular weight excluding hydrogens is 150 g/mol. The third-order valence-corrected chi connectivity index (χ3v) is 0.457. The number of hydrogen-bond acceptors (Lipinski definition) is 4. The van der Waals surface area contributed by atoms with E-state index in [1.807, 2.05) is 0 Å². The lowest BCUT2D eigenvalue weighted by atomic mass is 10.7. The number of carbonyl (C=O) groups is 2. The second-order valence-electron chi connectivity index (χ2n) is 1.18. The van der Waals surface area contributed by atoms with Crippen molar-refractivity contribution in [3.05, 3.63) is 25.3 Å². The van der Waals surface area contributed by atoms with Crippen LogP contribution in [-0.2, 0) is 14.4 Å². The Kier molecular flexibility index (Phi) is 9.21. The van der Waals surface area contributed by atoms with E-state index in [0.29, 0.717) is 0 Å². The lowest BCUT2D eigenvalue weighted by molar-refractivity contribution is -0.138. The lowest BCUT2D eigenvalue weighted by Crippen LogP contribution is -2.04. The zero-order chi connectivity index (χ0) is 9.28. The molecule has 0 heterocycles. The molecule has 0 atom stereocenters. The molecule has 0 bridgehead atoms. The fourth-order valence-electron chi connectivity index (χ4n) is 0.0481. The lowest BCUT2D eigenvalue weighted by Gasteiger charge is -1.81. The molecule has 0 aliphatic rings. The van der Waals surface area contributed by atoms with Crippen molar-refractivity contribution >= 4 is 11.9 Å². The van der Waals surface area contributed by atoms with Gasteiger partial charge in [-0.3, -0.25) is 0 Å². The largest absolute Gasteiger partial charge is 0.478 e. The van der Waals surface area contributed by atoms with Gasteiger partial charge in [-0.25, -0.2) is 9.59 Å². The summed E-state index contributed by atoms with van der Waals surface area (Å²) in [5.74, 6) is 2.76. The van der Waals surface area contributed by atoms with E-state index in [4.69, 9.17) is 5.11 Å². The van der Waals surface area contributed by atoms with E-state index in [-0.39, 0.29) is 0 Å². The Labute approximate surface area is 63.7 Å². The average molecular weight is 159 g/mol. The van der Waals surface area contributed by atoms with Gasteiger partial charge in [0.2, 0.25) is 0 Å². The molecule has 0 amide bonds. The van der Waals surface area contributed by atoms with Gasteiger partial charge in [-0.05, 0) is 0 Å². The van der Waals surface area contributed by atoms with Crippen LogP contribution < -0.4 is 5.90 Å². The van der Waals surface area contributed by atoms with Crippen molar-refractivity contribution in [2.24, 2.45) is 5.90 Å². The highest BCUT2D eigenvalue weighted by molar-refractivity contribution is 5.80. The molecule has 3 N–H and O–H groups in total. The molecular formula is C6H9NO4. The van der Waals surface area contributed by atoms with Crippen molar-refractivity contribution in [3.8, 4) is 0 Å². The second-order valence-corrected chi connectivity index (χ2v) is 1.18. The first-order valence-corrected chi connectivity index (χ1v) is 2.47. The topological polar surface area (TPSA) is 89.6 Å². The van der Waals surface area contributed by atoms with E-state index in [9.17, 15) is 9.59 Å². The van der Waals surface area contributed by atoms with Crippen LogP contribution in [0.3, 0.4) is 0 Å². The maximum atomic E-state index is 9.72. The standard InChI is InChI=1S/C3H5NO2.C3H4O2/c1-2-3(5)6-4;1-2-3(4)5/h2H,1,4H2;2H,1H2,(H,4,5). The highest BCUT2D eigenvalue weighted by Crippen LogP contribution is 1.64. The normalized spacial score (nSPS) is 6.64. The summed E-state index contributed by atoms with van der Waals surface area (Å²) >= 11 is 0. The molecule has 62 valence electrons. The third-order valence-electron chi connectivity index (χ3n) is 0.457. The molecule has 0 aromatic rings. The highest BCUT2D eigenvalue weighted by Gasteiger charge is 1.83. The summed E-state index contributed by atoms with van der Waals surface area (Å²) in [4.78, 5) is 22.6. The van der Waals surface area contributed by atoms with Crippen LogP contribution in [0.5, 0.6) is 0 Å². The van der Waals surface area contributed by atoms with Gasteiger partial charge >= 0.3 is 11.9 Å². The molecule has 0 aliphatic heterocycles. The second kappa shape index (κ2) is 8.38. The van der Waals surface area contributed by atoms with Crippen molar-refractivity contribution in [2.45, 2.75) is 0 Å². The minimum absolute atomic E-state index is 0.616. The fraction of sp³-hybridized carbons (Fsp3) is 0. The van der Waals surface area contributed by atoms with Gasteiger partial charge in [0.25, 0.3) is 0 Å². The van der Waals surface area contributed by atoms with Gasteiger partial charge in [0.15, 0.2) is 0 Å². The van der Waals surface area contributed by atoms with Crippen LogP contribution in [0.1, 0.15) is 0 Å². The SMILES string of the molecule is C=CC(=O)O.C=CC(=O)ON. The Morgan fingerprint density at radius 3 is 1.73 bits per heavy atom. The average Bonchev–Trinajstić information content (AvgIpc) is 2.04. The zero-order valence-corrected chi connectivity index (χ0v) is 5.82. The molecule has 0 rings (SSSR count). The van der Waals surface area contributed by atoms with Crippen LogP contribution in [0.25, 0.3) is 0 Å². The number of hydrogen-bond donors (Lipinski definition) is 2. The fourth-order valence-corrected chi connectivity index (χ4v) is 0.0481. The van der Waals surface area contributed by atoms with Crippen molar-refractivity contribution in [1.82, 2.24) is 0 Å². The van der Waals surface area contributed by atoms with E-state index in [0.717, 1.165) is 12.2 Å². The van der Waals surface area contributed by atoms with Crippen molar-refractivity contribution < 1.29 is 19.5 Å². The van der Waals surface area contributed by atoms with Crippen LogP contribution in [0.15, 0.2) is 25.3 Å². The Bertz CT molecular complexity index is 164. The van der Waals surface area contributed by atoms with Gasteiger partial charge in [-0.1, -0.05) is 13.2 Å². The van der Waals surface area contributed by atoms with Crippen molar-refractivity contribution in [2.75, 3.05) is 0 Å². The van der Waals surface area contributed by atoms with Gasteiger partial charge in [0.05, 0.1) is 0 Å². The van der Waals surface area contributed by atoms with Gasteiger partial charge in [-0.15, -0.1) is 0 Å². The summed E-state index contributed by atoms with van der Waals surface area (Å²) < 4.78 is 0. The molecule has 0 aromatic heterocycles. The summed E-state index contributed by atoms with van der Waals surface area (Å²) in [6.45, 7) is 6.04. The maximum Gasteiger partial charge on any atom is 0.348 e. The number of nitrogens with two attached hydrogens (primary N) is 1. The van der Waals surface area contributed by atoms with Crippen molar-refractivity contribution in [3.63, 3.8) is 0 Å². The van der Waals surface area contributed by atoms with Crippen LogP contribution in [0.4, 0.5) is 0 Å². The monoisotopic (exact) mass is 159 g/mol. The number of carboxylic acid groups (broad SMARTS) is 1. The molecule has 0 saturated carbocycles. The zero-order valence-electron chi connectivity index (χ0n) is 5.82. The first kappa shape index (κ1) is 12.1. The molecule has 0 unspecified atom stereocenters. The van der Waals surface area contributed by atoms with E-state index >= 15 is 0 Å².